The number of ether oxygens (including phenoxy) is 2. The molecule has 0 unspecified atom stereocenters. The van der Waals surface area contributed by atoms with Gasteiger partial charge < -0.3 is 19.2 Å². The highest BCUT2D eigenvalue weighted by molar-refractivity contribution is 6.00. The van der Waals surface area contributed by atoms with Crippen LogP contribution in [-0.4, -0.2) is 26.2 Å². The van der Waals surface area contributed by atoms with E-state index in [0.29, 0.717) is 19.0 Å². The lowest BCUT2D eigenvalue weighted by Crippen LogP contribution is -2.14. The molecule has 0 saturated heterocycles. The van der Waals surface area contributed by atoms with E-state index in [1.807, 2.05) is 57.2 Å². The molecule has 1 heterocycles. The van der Waals surface area contributed by atoms with E-state index in [1.165, 1.54) is 0 Å². The Balaban J connectivity index is 2.10. The van der Waals surface area contributed by atoms with Crippen molar-refractivity contribution < 1.29 is 18.7 Å². The van der Waals surface area contributed by atoms with E-state index in [0.717, 1.165) is 39.0 Å². The number of amides is 1. The van der Waals surface area contributed by atoms with Gasteiger partial charge in [0.1, 0.15) is 17.1 Å². The first-order valence-electron chi connectivity index (χ1n) is 9.39. The van der Waals surface area contributed by atoms with Gasteiger partial charge >= 0.3 is 0 Å². The third-order valence-corrected chi connectivity index (χ3v) is 4.47. The van der Waals surface area contributed by atoms with Crippen LogP contribution in [0.1, 0.15) is 26.3 Å². The number of carbonyl (C=O) groups is 1. The van der Waals surface area contributed by atoms with Crippen LogP contribution < -0.4 is 14.8 Å². The predicted molar refractivity (Wildman–Crippen MR) is 112 cm³/mol. The maximum absolute atomic E-state index is 11.8. The smallest absolute Gasteiger partial charge is 0.244 e. The van der Waals surface area contributed by atoms with Gasteiger partial charge in [0.15, 0.2) is 0 Å². The molecular weight excluding hydrogens is 354 g/mol. The lowest BCUT2D eigenvalue weighted by Gasteiger charge is -2.11. The summed E-state index contributed by atoms with van der Waals surface area (Å²) in [6.07, 6.45) is 3.32. The van der Waals surface area contributed by atoms with Crippen LogP contribution in [0.25, 0.3) is 27.7 Å². The number of hydrogen-bond donors (Lipinski definition) is 1. The summed E-state index contributed by atoms with van der Waals surface area (Å²) in [6.45, 7) is 6.95. The van der Waals surface area contributed by atoms with Gasteiger partial charge in [0.05, 0.1) is 19.5 Å². The van der Waals surface area contributed by atoms with Crippen molar-refractivity contribution in [3.05, 3.63) is 54.3 Å². The molecule has 5 heteroatoms. The van der Waals surface area contributed by atoms with E-state index in [9.17, 15) is 4.79 Å². The van der Waals surface area contributed by atoms with Gasteiger partial charge in [-0.15, -0.1) is 0 Å². The summed E-state index contributed by atoms with van der Waals surface area (Å²) in [4.78, 5) is 11.8. The van der Waals surface area contributed by atoms with Crippen LogP contribution in [0.2, 0.25) is 0 Å². The van der Waals surface area contributed by atoms with Crippen molar-refractivity contribution in [3.63, 3.8) is 0 Å². The molecule has 1 N–H and O–H groups in total. The number of nitrogens with one attached hydrogen (secondary N) is 1. The van der Waals surface area contributed by atoms with E-state index in [-0.39, 0.29) is 5.91 Å². The van der Waals surface area contributed by atoms with Crippen LogP contribution >= 0.6 is 0 Å². The number of benzene rings is 2. The number of hydrogen-bond acceptors (Lipinski definition) is 4. The molecule has 146 valence electrons. The summed E-state index contributed by atoms with van der Waals surface area (Å²) < 4.78 is 17.1. The summed E-state index contributed by atoms with van der Waals surface area (Å²) in [5, 5.41) is 3.58. The summed E-state index contributed by atoms with van der Waals surface area (Å²) in [6, 6.07) is 11.8. The minimum atomic E-state index is -0.154. The summed E-state index contributed by atoms with van der Waals surface area (Å²) in [7, 11) is 1.61. The van der Waals surface area contributed by atoms with Crippen molar-refractivity contribution in [1.29, 1.82) is 0 Å². The SMILES string of the molecule is CCOc1ccc(-c2coc3cc(OCC)c(/C(C)=C/C(=O)NC)cc23)cc1. The molecule has 0 aliphatic heterocycles. The van der Waals surface area contributed by atoms with Crippen LogP contribution in [0.15, 0.2) is 53.2 Å². The van der Waals surface area contributed by atoms with Crippen LogP contribution in [0, 0.1) is 0 Å². The zero-order valence-electron chi connectivity index (χ0n) is 16.7. The van der Waals surface area contributed by atoms with Crippen LogP contribution in [-0.2, 0) is 4.79 Å². The first kappa shape index (κ1) is 19.5. The molecule has 0 radical (unpaired) electrons. The Labute approximate surface area is 164 Å². The fraction of sp³-hybridized carbons (Fsp3) is 0.261. The quantitative estimate of drug-likeness (QED) is 0.584. The lowest BCUT2D eigenvalue weighted by atomic mass is 9.99. The number of carbonyl (C=O) groups excluding carboxylic acids is 1. The van der Waals surface area contributed by atoms with Crippen LogP contribution in [0.4, 0.5) is 0 Å². The Morgan fingerprint density at radius 1 is 1.11 bits per heavy atom. The minimum Gasteiger partial charge on any atom is -0.494 e. The Kier molecular flexibility index (Phi) is 6.04. The topological polar surface area (TPSA) is 60.7 Å². The highest BCUT2D eigenvalue weighted by Gasteiger charge is 2.15. The first-order valence-corrected chi connectivity index (χ1v) is 9.39. The molecule has 1 amide bonds. The maximum atomic E-state index is 11.8. The van der Waals surface area contributed by atoms with Crippen molar-refractivity contribution >= 4 is 22.4 Å². The van der Waals surface area contributed by atoms with Crippen molar-refractivity contribution in [2.75, 3.05) is 20.3 Å². The summed E-state index contributed by atoms with van der Waals surface area (Å²) >= 11 is 0. The zero-order chi connectivity index (χ0) is 20.1. The monoisotopic (exact) mass is 379 g/mol. The average Bonchev–Trinajstić information content (AvgIpc) is 3.11. The second-order valence-electron chi connectivity index (χ2n) is 6.33. The molecule has 2 aromatic carbocycles. The Morgan fingerprint density at radius 2 is 1.82 bits per heavy atom. The van der Waals surface area contributed by atoms with Gasteiger partial charge in [0.2, 0.25) is 5.91 Å². The minimum absolute atomic E-state index is 0.154. The van der Waals surface area contributed by atoms with E-state index in [2.05, 4.69) is 5.32 Å². The van der Waals surface area contributed by atoms with Crippen molar-refractivity contribution in [3.8, 4) is 22.6 Å². The number of allylic oxidation sites excluding steroid dienone is 1. The van der Waals surface area contributed by atoms with Gasteiger partial charge in [0.25, 0.3) is 0 Å². The maximum Gasteiger partial charge on any atom is 0.244 e. The first-order chi connectivity index (χ1) is 13.6. The van der Waals surface area contributed by atoms with Gasteiger partial charge in [-0.1, -0.05) is 12.1 Å². The van der Waals surface area contributed by atoms with Gasteiger partial charge in [-0.3, -0.25) is 4.79 Å². The highest BCUT2D eigenvalue weighted by Crippen LogP contribution is 2.37. The average molecular weight is 379 g/mol. The van der Waals surface area contributed by atoms with E-state index in [4.69, 9.17) is 13.9 Å². The van der Waals surface area contributed by atoms with E-state index in [1.54, 1.807) is 19.4 Å². The zero-order valence-corrected chi connectivity index (χ0v) is 16.7. The van der Waals surface area contributed by atoms with Gasteiger partial charge in [-0.25, -0.2) is 0 Å². The molecule has 0 atom stereocenters. The van der Waals surface area contributed by atoms with E-state index < -0.39 is 0 Å². The highest BCUT2D eigenvalue weighted by atomic mass is 16.5. The lowest BCUT2D eigenvalue weighted by molar-refractivity contribution is -0.116. The second kappa shape index (κ2) is 8.65. The fourth-order valence-corrected chi connectivity index (χ4v) is 3.11. The van der Waals surface area contributed by atoms with E-state index >= 15 is 0 Å². The molecule has 3 rings (SSSR count). The third kappa shape index (κ3) is 4.03. The standard InChI is InChI=1S/C23H25NO4/c1-5-26-17-9-7-16(8-10-17)20-14-28-22-13-21(27-6-2)18(12-19(20)22)15(3)11-23(25)24-4/h7-14H,5-6H2,1-4H3,(H,24,25)/b15-11+. The Bertz CT molecular complexity index is 999. The number of likely N-dealkylation sites (N-methyl/N-ethyl adjacent to an activating group) is 1. The molecule has 1 aromatic heterocycles. The molecule has 0 fully saturated rings. The number of rotatable bonds is 7. The largest absolute Gasteiger partial charge is 0.494 e. The normalized spacial score (nSPS) is 11.5. The van der Waals surface area contributed by atoms with Gasteiger partial charge in [-0.2, -0.15) is 0 Å². The second-order valence-corrected chi connectivity index (χ2v) is 6.33. The predicted octanol–water partition coefficient (Wildman–Crippen LogP) is 5.05. The number of fused-ring (bicyclic) bond motifs is 1. The molecule has 3 aromatic rings. The fourth-order valence-electron chi connectivity index (χ4n) is 3.11. The van der Waals surface area contributed by atoms with Crippen molar-refractivity contribution in [1.82, 2.24) is 5.32 Å². The Morgan fingerprint density at radius 3 is 2.46 bits per heavy atom. The molecular formula is C23H25NO4. The van der Waals surface area contributed by atoms with Crippen LogP contribution in [0.3, 0.4) is 0 Å². The van der Waals surface area contributed by atoms with Crippen LogP contribution in [0.5, 0.6) is 11.5 Å². The molecule has 5 nitrogen and oxygen atoms in total. The molecule has 0 saturated carbocycles. The third-order valence-electron chi connectivity index (χ3n) is 4.47. The summed E-state index contributed by atoms with van der Waals surface area (Å²) in [5.74, 6) is 1.38. The summed E-state index contributed by atoms with van der Waals surface area (Å²) in [5.41, 5.74) is 4.44. The molecule has 0 aliphatic carbocycles. The molecule has 0 aliphatic rings. The Hall–Kier alpha value is -3.21. The van der Waals surface area contributed by atoms with Crippen molar-refractivity contribution in [2.24, 2.45) is 0 Å². The number of furan rings is 1. The molecule has 0 bridgehead atoms. The molecule has 28 heavy (non-hydrogen) atoms. The molecule has 0 spiro atoms. The van der Waals surface area contributed by atoms with Crippen molar-refractivity contribution in [2.45, 2.75) is 20.8 Å². The van der Waals surface area contributed by atoms with Gasteiger partial charge in [-0.05, 0) is 50.1 Å². The van der Waals surface area contributed by atoms with Gasteiger partial charge in [0, 0.05) is 35.7 Å².